The molecule has 2 aliphatic heterocycles. The van der Waals surface area contributed by atoms with E-state index in [4.69, 9.17) is 9.26 Å². The quantitative estimate of drug-likeness (QED) is 0.804. The fourth-order valence-corrected chi connectivity index (χ4v) is 2.82. The van der Waals surface area contributed by atoms with E-state index in [0.717, 1.165) is 50.2 Å². The summed E-state index contributed by atoms with van der Waals surface area (Å²) in [4.78, 5) is 5.01. The Balaban J connectivity index is 1.42. The van der Waals surface area contributed by atoms with Gasteiger partial charge in [0.05, 0.1) is 5.69 Å². The van der Waals surface area contributed by atoms with Gasteiger partial charge in [0.1, 0.15) is 6.61 Å². The first-order valence-electron chi connectivity index (χ1n) is 6.95. The van der Waals surface area contributed by atoms with Crippen molar-refractivity contribution in [3.63, 3.8) is 0 Å². The molecular formula is C13H22N4O2. The molecular weight excluding hydrogens is 244 g/mol. The molecule has 0 aliphatic carbocycles. The number of aromatic nitrogens is 1. The van der Waals surface area contributed by atoms with Crippen LogP contribution in [0.4, 0.5) is 0 Å². The molecule has 3 rings (SSSR count). The Hall–Kier alpha value is -0.950. The van der Waals surface area contributed by atoms with Gasteiger partial charge in [-0.2, -0.15) is 0 Å². The fraction of sp³-hybridized carbons (Fsp3) is 0.769. The first-order chi connectivity index (χ1) is 9.35. The lowest BCUT2D eigenvalue weighted by Gasteiger charge is -2.46. The Morgan fingerprint density at radius 1 is 1.42 bits per heavy atom. The summed E-state index contributed by atoms with van der Waals surface area (Å²) in [5, 5.41) is 7.47. The van der Waals surface area contributed by atoms with Gasteiger partial charge in [-0.05, 0) is 0 Å². The highest BCUT2D eigenvalue weighted by atomic mass is 16.5. The molecule has 2 saturated heterocycles. The second-order valence-corrected chi connectivity index (χ2v) is 5.35. The number of piperazine rings is 1. The third-order valence-corrected chi connectivity index (χ3v) is 3.89. The van der Waals surface area contributed by atoms with Crippen LogP contribution in [0, 0.1) is 0 Å². The predicted octanol–water partition coefficient (Wildman–Crippen LogP) is -0.0896. The second kappa shape index (κ2) is 6.00. The zero-order valence-electron chi connectivity index (χ0n) is 11.5. The van der Waals surface area contributed by atoms with Crippen LogP contribution in [0.2, 0.25) is 0 Å². The van der Waals surface area contributed by atoms with Crippen molar-refractivity contribution in [3.8, 4) is 0 Å². The van der Waals surface area contributed by atoms with Crippen molar-refractivity contribution in [1.29, 1.82) is 0 Å². The molecule has 0 bridgehead atoms. The van der Waals surface area contributed by atoms with Crippen LogP contribution in [0.15, 0.2) is 10.6 Å². The van der Waals surface area contributed by atoms with E-state index in [2.05, 4.69) is 20.3 Å². The highest BCUT2D eigenvalue weighted by Crippen LogP contribution is 2.18. The van der Waals surface area contributed by atoms with Gasteiger partial charge in [0.25, 0.3) is 0 Å². The SMILES string of the molecule is COCc1cc(CN2CC(N3CCNCC3)C2)no1. The van der Waals surface area contributed by atoms with Crippen molar-refractivity contribution in [2.45, 2.75) is 19.2 Å². The molecule has 6 nitrogen and oxygen atoms in total. The molecule has 6 heteroatoms. The summed E-state index contributed by atoms with van der Waals surface area (Å²) < 4.78 is 10.2. The molecule has 19 heavy (non-hydrogen) atoms. The molecule has 1 N–H and O–H groups in total. The Labute approximate surface area is 113 Å². The van der Waals surface area contributed by atoms with Crippen molar-refractivity contribution >= 4 is 0 Å². The summed E-state index contributed by atoms with van der Waals surface area (Å²) in [6, 6.07) is 2.72. The molecule has 0 unspecified atom stereocenters. The molecule has 2 fully saturated rings. The zero-order chi connectivity index (χ0) is 13.1. The third-order valence-electron chi connectivity index (χ3n) is 3.89. The number of ether oxygens (including phenoxy) is 1. The van der Waals surface area contributed by atoms with E-state index in [1.54, 1.807) is 7.11 Å². The van der Waals surface area contributed by atoms with Gasteiger partial charge in [0, 0.05) is 65.0 Å². The highest BCUT2D eigenvalue weighted by molar-refractivity contribution is 5.06. The number of methoxy groups -OCH3 is 1. The lowest BCUT2D eigenvalue weighted by Crippen LogP contribution is -2.62. The first-order valence-corrected chi connectivity index (χ1v) is 6.95. The van der Waals surface area contributed by atoms with Crippen LogP contribution in [-0.4, -0.2) is 67.4 Å². The molecule has 1 aromatic heterocycles. The lowest BCUT2D eigenvalue weighted by molar-refractivity contribution is 0.0210. The van der Waals surface area contributed by atoms with Crippen LogP contribution < -0.4 is 5.32 Å². The summed E-state index contributed by atoms with van der Waals surface area (Å²) in [7, 11) is 1.66. The predicted molar refractivity (Wildman–Crippen MR) is 70.7 cm³/mol. The normalized spacial score (nSPS) is 22.6. The molecule has 0 amide bonds. The summed E-state index contributed by atoms with van der Waals surface area (Å²) in [6.07, 6.45) is 0. The summed E-state index contributed by atoms with van der Waals surface area (Å²) in [5.41, 5.74) is 1.01. The molecule has 0 aromatic carbocycles. The zero-order valence-corrected chi connectivity index (χ0v) is 11.5. The first kappa shape index (κ1) is 13.1. The number of hydrogen-bond acceptors (Lipinski definition) is 6. The number of nitrogens with one attached hydrogen (secondary N) is 1. The van der Waals surface area contributed by atoms with Crippen LogP contribution in [0.25, 0.3) is 0 Å². The monoisotopic (exact) mass is 266 g/mol. The van der Waals surface area contributed by atoms with Crippen molar-refractivity contribution < 1.29 is 9.26 Å². The smallest absolute Gasteiger partial charge is 0.162 e. The Morgan fingerprint density at radius 3 is 2.95 bits per heavy atom. The summed E-state index contributed by atoms with van der Waals surface area (Å²) in [6.45, 7) is 8.28. The number of likely N-dealkylation sites (tertiary alicyclic amines) is 1. The molecule has 1 aromatic rings. The van der Waals surface area contributed by atoms with Gasteiger partial charge >= 0.3 is 0 Å². The fourth-order valence-electron chi connectivity index (χ4n) is 2.82. The number of nitrogens with zero attached hydrogens (tertiary/aromatic N) is 3. The maximum Gasteiger partial charge on any atom is 0.162 e. The minimum Gasteiger partial charge on any atom is -0.377 e. The van der Waals surface area contributed by atoms with Crippen LogP contribution in [0.5, 0.6) is 0 Å². The van der Waals surface area contributed by atoms with Crippen LogP contribution >= 0.6 is 0 Å². The molecule has 2 aliphatic rings. The van der Waals surface area contributed by atoms with E-state index < -0.39 is 0 Å². The Kier molecular flexibility index (Phi) is 4.12. The van der Waals surface area contributed by atoms with Gasteiger partial charge in [-0.1, -0.05) is 5.16 Å². The van der Waals surface area contributed by atoms with E-state index in [-0.39, 0.29) is 0 Å². The topological polar surface area (TPSA) is 53.8 Å². The molecule has 0 radical (unpaired) electrons. The van der Waals surface area contributed by atoms with E-state index in [1.165, 1.54) is 13.1 Å². The van der Waals surface area contributed by atoms with Crippen molar-refractivity contribution in [2.75, 3.05) is 46.4 Å². The minimum atomic E-state index is 0.496. The Bertz CT molecular complexity index is 397. The average Bonchev–Trinajstić information content (AvgIpc) is 2.82. The van der Waals surface area contributed by atoms with Gasteiger partial charge in [-0.25, -0.2) is 0 Å². The average molecular weight is 266 g/mol. The molecule has 106 valence electrons. The molecule has 0 saturated carbocycles. The molecule has 0 spiro atoms. The number of hydrogen-bond donors (Lipinski definition) is 1. The van der Waals surface area contributed by atoms with Crippen molar-refractivity contribution in [1.82, 2.24) is 20.3 Å². The lowest BCUT2D eigenvalue weighted by atomic mass is 10.1. The number of rotatable bonds is 5. The van der Waals surface area contributed by atoms with E-state index in [1.807, 2.05) is 6.07 Å². The van der Waals surface area contributed by atoms with Gasteiger partial charge < -0.3 is 14.6 Å². The van der Waals surface area contributed by atoms with Gasteiger partial charge in [-0.3, -0.25) is 9.80 Å². The maximum atomic E-state index is 5.20. The molecule has 0 atom stereocenters. The van der Waals surface area contributed by atoms with Crippen molar-refractivity contribution in [2.24, 2.45) is 0 Å². The van der Waals surface area contributed by atoms with Gasteiger partial charge in [0.15, 0.2) is 5.76 Å². The third kappa shape index (κ3) is 3.14. The Morgan fingerprint density at radius 2 is 2.21 bits per heavy atom. The van der Waals surface area contributed by atoms with Crippen LogP contribution in [0.3, 0.4) is 0 Å². The largest absolute Gasteiger partial charge is 0.377 e. The maximum absolute atomic E-state index is 5.20. The second-order valence-electron chi connectivity index (χ2n) is 5.35. The minimum absolute atomic E-state index is 0.496. The van der Waals surface area contributed by atoms with Crippen molar-refractivity contribution in [3.05, 3.63) is 17.5 Å². The van der Waals surface area contributed by atoms with Crippen LogP contribution in [-0.2, 0) is 17.9 Å². The van der Waals surface area contributed by atoms with Gasteiger partial charge in [0.2, 0.25) is 0 Å². The standard InChI is InChI=1S/C13H22N4O2/c1-18-10-13-6-11(15-19-13)7-16-8-12(9-16)17-4-2-14-3-5-17/h6,12,14H,2-5,7-10H2,1H3. The van der Waals surface area contributed by atoms with E-state index >= 15 is 0 Å². The molecule has 3 heterocycles. The van der Waals surface area contributed by atoms with Crippen LogP contribution in [0.1, 0.15) is 11.5 Å². The van der Waals surface area contributed by atoms with E-state index in [0.29, 0.717) is 6.61 Å². The summed E-state index contributed by atoms with van der Waals surface area (Å²) >= 11 is 0. The van der Waals surface area contributed by atoms with Gasteiger partial charge in [-0.15, -0.1) is 0 Å². The van der Waals surface area contributed by atoms with E-state index in [9.17, 15) is 0 Å². The highest BCUT2D eigenvalue weighted by Gasteiger charge is 2.32. The summed E-state index contributed by atoms with van der Waals surface area (Å²) in [5.74, 6) is 0.802.